The first-order valence-electron chi connectivity index (χ1n) is 3.22. The van der Waals surface area contributed by atoms with Crippen LogP contribution in [0.1, 0.15) is 13.3 Å². The SMILES string of the molecule is CC#CC(=O)N1CCCO1. The highest BCUT2D eigenvalue weighted by molar-refractivity contribution is 5.92. The van der Waals surface area contributed by atoms with E-state index in [0.717, 1.165) is 6.42 Å². The van der Waals surface area contributed by atoms with Crippen LogP contribution in [0.25, 0.3) is 0 Å². The number of amides is 1. The Bertz CT molecular complexity index is 184. The first-order valence-corrected chi connectivity index (χ1v) is 3.22. The Morgan fingerprint density at radius 2 is 2.50 bits per heavy atom. The lowest BCUT2D eigenvalue weighted by Crippen LogP contribution is -2.24. The Kier molecular flexibility index (Phi) is 2.30. The summed E-state index contributed by atoms with van der Waals surface area (Å²) in [5, 5.41) is 1.30. The number of carbonyl (C=O) groups excluding carboxylic acids is 1. The minimum atomic E-state index is -0.236. The minimum absolute atomic E-state index is 0.236. The largest absolute Gasteiger partial charge is 0.322 e. The van der Waals surface area contributed by atoms with Crippen molar-refractivity contribution in [3.8, 4) is 11.8 Å². The van der Waals surface area contributed by atoms with Gasteiger partial charge in [0.1, 0.15) is 0 Å². The summed E-state index contributed by atoms with van der Waals surface area (Å²) in [5.74, 6) is 4.69. The summed E-state index contributed by atoms with van der Waals surface area (Å²) < 4.78 is 0. The maximum atomic E-state index is 10.9. The summed E-state index contributed by atoms with van der Waals surface area (Å²) in [6.45, 7) is 2.94. The zero-order chi connectivity index (χ0) is 7.40. The van der Waals surface area contributed by atoms with Crippen molar-refractivity contribution in [2.75, 3.05) is 13.2 Å². The van der Waals surface area contributed by atoms with Crippen molar-refractivity contribution in [2.45, 2.75) is 13.3 Å². The molecule has 3 heteroatoms. The molecular formula is C7H9NO2. The standard InChI is InChI=1S/C7H9NO2/c1-2-4-7(9)8-5-3-6-10-8/h3,5-6H2,1H3. The van der Waals surface area contributed by atoms with Gasteiger partial charge in [-0.15, -0.1) is 0 Å². The number of hydrogen-bond donors (Lipinski definition) is 0. The predicted octanol–water partition coefficient (Wildman–Crippen LogP) is 0.174. The second-order valence-corrected chi connectivity index (χ2v) is 1.97. The Hall–Kier alpha value is -1.01. The smallest absolute Gasteiger partial charge is 0.270 e. The maximum Gasteiger partial charge on any atom is 0.322 e. The third kappa shape index (κ3) is 1.49. The molecule has 0 aromatic heterocycles. The summed E-state index contributed by atoms with van der Waals surface area (Å²) in [6, 6.07) is 0. The van der Waals surface area contributed by atoms with E-state index >= 15 is 0 Å². The van der Waals surface area contributed by atoms with Crippen molar-refractivity contribution in [1.82, 2.24) is 5.06 Å². The van der Waals surface area contributed by atoms with Gasteiger partial charge in [0.15, 0.2) is 0 Å². The quantitative estimate of drug-likeness (QED) is 0.448. The molecule has 1 heterocycles. The van der Waals surface area contributed by atoms with Crippen molar-refractivity contribution in [2.24, 2.45) is 0 Å². The number of hydroxylamine groups is 2. The van der Waals surface area contributed by atoms with Crippen molar-refractivity contribution < 1.29 is 9.63 Å². The van der Waals surface area contributed by atoms with Gasteiger partial charge in [0.05, 0.1) is 13.2 Å². The molecule has 54 valence electrons. The van der Waals surface area contributed by atoms with E-state index in [1.54, 1.807) is 6.92 Å². The van der Waals surface area contributed by atoms with Crippen LogP contribution >= 0.6 is 0 Å². The second kappa shape index (κ2) is 3.23. The molecule has 0 unspecified atom stereocenters. The van der Waals surface area contributed by atoms with Gasteiger partial charge in [-0.2, -0.15) is 0 Å². The number of rotatable bonds is 0. The van der Waals surface area contributed by atoms with E-state index in [0.29, 0.717) is 13.2 Å². The summed E-state index contributed by atoms with van der Waals surface area (Å²) in [7, 11) is 0. The number of hydrogen-bond acceptors (Lipinski definition) is 2. The van der Waals surface area contributed by atoms with Crippen LogP contribution in [0, 0.1) is 11.8 Å². The number of carbonyl (C=O) groups is 1. The van der Waals surface area contributed by atoms with Crippen LogP contribution in [0.5, 0.6) is 0 Å². The molecule has 0 radical (unpaired) electrons. The summed E-state index contributed by atoms with van der Waals surface area (Å²) >= 11 is 0. The summed E-state index contributed by atoms with van der Waals surface area (Å²) in [6.07, 6.45) is 0.914. The average Bonchev–Trinajstić information content (AvgIpc) is 2.38. The van der Waals surface area contributed by atoms with Crippen molar-refractivity contribution in [1.29, 1.82) is 0 Å². The molecule has 1 fully saturated rings. The Labute approximate surface area is 59.9 Å². The lowest BCUT2D eigenvalue weighted by atomic mass is 10.4. The topological polar surface area (TPSA) is 29.5 Å². The Morgan fingerprint density at radius 3 is 3.00 bits per heavy atom. The van der Waals surface area contributed by atoms with Crippen LogP contribution in [0.2, 0.25) is 0 Å². The lowest BCUT2D eigenvalue weighted by molar-refractivity contribution is -0.161. The van der Waals surface area contributed by atoms with Gasteiger partial charge in [-0.05, 0) is 19.3 Å². The summed E-state index contributed by atoms with van der Waals surface area (Å²) in [4.78, 5) is 15.8. The van der Waals surface area contributed by atoms with Gasteiger partial charge in [-0.3, -0.25) is 9.63 Å². The molecule has 0 saturated carbocycles. The average molecular weight is 139 g/mol. The van der Waals surface area contributed by atoms with Gasteiger partial charge in [0, 0.05) is 0 Å². The first kappa shape index (κ1) is 7.10. The lowest BCUT2D eigenvalue weighted by Gasteiger charge is -2.07. The normalized spacial score (nSPS) is 16.3. The zero-order valence-corrected chi connectivity index (χ0v) is 5.89. The Balaban J connectivity index is 2.45. The van der Waals surface area contributed by atoms with Gasteiger partial charge in [-0.25, -0.2) is 5.06 Å². The van der Waals surface area contributed by atoms with E-state index < -0.39 is 0 Å². The highest BCUT2D eigenvalue weighted by Gasteiger charge is 2.16. The van der Waals surface area contributed by atoms with Crippen LogP contribution in [0.3, 0.4) is 0 Å². The fraction of sp³-hybridized carbons (Fsp3) is 0.571. The molecule has 0 aromatic rings. The molecule has 0 aromatic carbocycles. The molecule has 1 amide bonds. The minimum Gasteiger partial charge on any atom is -0.270 e. The predicted molar refractivity (Wildman–Crippen MR) is 35.7 cm³/mol. The fourth-order valence-corrected chi connectivity index (χ4v) is 0.777. The molecule has 10 heavy (non-hydrogen) atoms. The molecule has 0 atom stereocenters. The summed E-state index contributed by atoms with van der Waals surface area (Å²) in [5.41, 5.74) is 0. The van der Waals surface area contributed by atoms with Crippen LogP contribution in [0.15, 0.2) is 0 Å². The molecule has 0 bridgehead atoms. The first-order chi connectivity index (χ1) is 4.84. The third-order valence-electron chi connectivity index (χ3n) is 1.21. The van der Waals surface area contributed by atoms with Crippen molar-refractivity contribution in [3.63, 3.8) is 0 Å². The van der Waals surface area contributed by atoms with Gasteiger partial charge < -0.3 is 0 Å². The molecule has 1 saturated heterocycles. The van der Waals surface area contributed by atoms with Gasteiger partial charge in [0.25, 0.3) is 0 Å². The van der Waals surface area contributed by atoms with Crippen LogP contribution in [-0.2, 0) is 9.63 Å². The van der Waals surface area contributed by atoms with Gasteiger partial charge in [0.2, 0.25) is 0 Å². The molecule has 0 N–H and O–H groups in total. The van der Waals surface area contributed by atoms with Crippen LogP contribution in [-0.4, -0.2) is 24.1 Å². The number of nitrogens with zero attached hydrogens (tertiary/aromatic N) is 1. The van der Waals surface area contributed by atoms with Crippen molar-refractivity contribution >= 4 is 5.91 Å². The van der Waals surface area contributed by atoms with Crippen LogP contribution < -0.4 is 0 Å². The highest BCUT2D eigenvalue weighted by atomic mass is 16.7. The van der Waals surface area contributed by atoms with E-state index in [1.165, 1.54) is 5.06 Å². The molecular weight excluding hydrogens is 130 g/mol. The molecule has 0 spiro atoms. The Morgan fingerprint density at radius 1 is 1.70 bits per heavy atom. The maximum absolute atomic E-state index is 10.9. The monoisotopic (exact) mass is 139 g/mol. The van der Waals surface area contributed by atoms with Crippen molar-refractivity contribution in [3.05, 3.63) is 0 Å². The third-order valence-corrected chi connectivity index (χ3v) is 1.21. The molecule has 0 aliphatic carbocycles. The van der Waals surface area contributed by atoms with E-state index in [4.69, 9.17) is 4.84 Å². The van der Waals surface area contributed by atoms with E-state index in [-0.39, 0.29) is 5.91 Å². The zero-order valence-electron chi connectivity index (χ0n) is 5.89. The van der Waals surface area contributed by atoms with Gasteiger partial charge >= 0.3 is 5.91 Å². The second-order valence-electron chi connectivity index (χ2n) is 1.97. The van der Waals surface area contributed by atoms with Gasteiger partial charge in [-0.1, -0.05) is 5.92 Å². The van der Waals surface area contributed by atoms with E-state index in [1.807, 2.05) is 0 Å². The molecule has 3 nitrogen and oxygen atoms in total. The molecule has 1 rings (SSSR count). The fourth-order valence-electron chi connectivity index (χ4n) is 0.777. The van der Waals surface area contributed by atoms with E-state index in [2.05, 4.69) is 11.8 Å². The molecule has 1 aliphatic heterocycles. The van der Waals surface area contributed by atoms with Crippen LogP contribution in [0.4, 0.5) is 0 Å². The highest BCUT2D eigenvalue weighted by Crippen LogP contribution is 2.02. The molecule has 1 aliphatic rings. The van der Waals surface area contributed by atoms with E-state index in [9.17, 15) is 4.79 Å².